The first kappa shape index (κ1) is 27.0. The molecule has 4 aromatic rings. The van der Waals surface area contributed by atoms with Gasteiger partial charge in [-0.15, -0.1) is 10.2 Å². The number of thioether (sulfide) groups is 1. The number of carbonyl (C=O) groups excluding carboxylic acids is 1. The molecule has 0 aliphatic heterocycles. The second-order valence-electron chi connectivity index (χ2n) is 7.77. The van der Waals surface area contributed by atoms with Gasteiger partial charge in [-0.1, -0.05) is 23.4 Å². The van der Waals surface area contributed by atoms with Crippen LogP contribution in [-0.2, 0) is 4.79 Å². The third kappa shape index (κ3) is 6.64. The van der Waals surface area contributed by atoms with Gasteiger partial charge in [-0.2, -0.15) is 5.10 Å². The predicted octanol–water partition coefficient (Wildman–Crippen LogP) is 5.25. The number of aromatic nitrogens is 3. The second-order valence-corrected chi connectivity index (χ2v) is 9.15. The molecule has 1 N–H and O–H groups in total. The molecule has 0 saturated heterocycles. The highest BCUT2D eigenvalue weighted by Gasteiger charge is 2.17. The van der Waals surface area contributed by atoms with Gasteiger partial charge in [0.15, 0.2) is 22.5 Å². The Labute approximate surface area is 229 Å². The van der Waals surface area contributed by atoms with E-state index < -0.39 is 0 Å². The third-order valence-electron chi connectivity index (χ3n) is 5.28. The molecule has 38 heavy (non-hydrogen) atoms. The maximum absolute atomic E-state index is 12.5. The van der Waals surface area contributed by atoms with E-state index in [2.05, 4.69) is 20.7 Å². The van der Waals surface area contributed by atoms with Crippen LogP contribution >= 0.6 is 23.4 Å². The van der Waals surface area contributed by atoms with Crippen LogP contribution in [0.25, 0.3) is 17.1 Å². The van der Waals surface area contributed by atoms with E-state index >= 15 is 0 Å². The first-order valence-corrected chi connectivity index (χ1v) is 13.0. The molecule has 9 nitrogen and oxygen atoms in total. The Morgan fingerprint density at radius 3 is 2.45 bits per heavy atom. The van der Waals surface area contributed by atoms with Gasteiger partial charge in [-0.05, 0) is 79.2 Å². The van der Waals surface area contributed by atoms with E-state index in [0.29, 0.717) is 34.1 Å². The van der Waals surface area contributed by atoms with Gasteiger partial charge in [-0.3, -0.25) is 9.36 Å². The first-order chi connectivity index (χ1) is 18.5. The van der Waals surface area contributed by atoms with Crippen LogP contribution in [0, 0.1) is 0 Å². The quantitative estimate of drug-likeness (QED) is 0.154. The normalized spacial score (nSPS) is 10.9. The molecule has 196 valence electrons. The Bertz CT molecular complexity index is 1410. The van der Waals surface area contributed by atoms with Gasteiger partial charge in [0.2, 0.25) is 0 Å². The fraction of sp³-hybridized carbons (Fsp3) is 0.185. The van der Waals surface area contributed by atoms with Crippen LogP contribution in [0.3, 0.4) is 0 Å². The fourth-order valence-corrected chi connectivity index (χ4v) is 4.38. The minimum Gasteiger partial charge on any atom is -0.494 e. The molecule has 0 bridgehead atoms. The van der Waals surface area contributed by atoms with Crippen LogP contribution in [0.2, 0.25) is 5.02 Å². The van der Waals surface area contributed by atoms with Crippen molar-refractivity contribution < 1.29 is 19.0 Å². The summed E-state index contributed by atoms with van der Waals surface area (Å²) in [6.45, 7) is 2.51. The lowest BCUT2D eigenvalue weighted by Gasteiger charge is -2.11. The summed E-state index contributed by atoms with van der Waals surface area (Å²) in [5.74, 6) is 2.36. The zero-order chi connectivity index (χ0) is 26.9. The second kappa shape index (κ2) is 13.0. The molecule has 0 unspecified atom stereocenters. The Kier molecular flexibility index (Phi) is 9.23. The summed E-state index contributed by atoms with van der Waals surface area (Å²) in [6.07, 6.45) is 1.53. The Morgan fingerprint density at radius 1 is 1.03 bits per heavy atom. The molecule has 0 aliphatic carbocycles. The molecule has 1 amide bonds. The number of hydrogen-bond donors (Lipinski definition) is 1. The van der Waals surface area contributed by atoms with Gasteiger partial charge in [0, 0.05) is 16.3 Å². The first-order valence-electron chi connectivity index (χ1n) is 11.6. The van der Waals surface area contributed by atoms with Gasteiger partial charge < -0.3 is 14.2 Å². The number of hydrazone groups is 1. The Morgan fingerprint density at radius 2 is 1.76 bits per heavy atom. The maximum atomic E-state index is 12.5. The number of rotatable bonds is 11. The maximum Gasteiger partial charge on any atom is 0.250 e. The van der Waals surface area contributed by atoms with Gasteiger partial charge in [0.25, 0.3) is 5.91 Å². The van der Waals surface area contributed by atoms with E-state index in [9.17, 15) is 4.79 Å². The van der Waals surface area contributed by atoms with E-state index in [-0.39, 0.29) is 11.7 Å². The molecular weight excluding hydrogens is 526 g/mol. The van der Waals surface area contributed by atoms with Crippen LogP contribution in [-0.4, -0.2) is 53.5 Å². The number of methoxy groups -OCH3 is 2. The SMILES string of the molecule is CCOc1ccc(-n2c(SCC(=O)N/N=C/c3ccc(OC)c(OC)c3)nnc2-c2ccc(Cl)cc2)cc1. The number of ether oxygens (including phenoxy) is 3. The summed E-state index contributed by atoms with van der Waals surface area (Å²) in [7, 11) is 3.13. The zero-order valence-corrected chi connectivity index (χ0v) is 22.6. The largest absolute Gasteiger partial charge is 0.494 e. The molecule has 11 heteroatoms. The molecule has 0 radical (unpaired) electrons. The van der Waals surface area contributed by atoms with Crippen LogP contribution in [0.15, 0.2) is 77.0 Å². The number of hydrogen-bond acceptors (Lipinski definition) is 8. The van der Waals surface area contributed by atoms with Crippen molar-refractivity contribution in [1.82, 2.24) is 20.2 Å². The zero-order valence-electron chi connectivity index (χ0n) is 21.1. The van der Waals surface area contributed by atoms with Crippen molar-refractivity contribution in [3.63, 3.8) is 0 Å². The van der Waals surface area contributed by atoms with Crippen molar-refractivity contribution in [2.75, 3.05) is 26.6 Å². The van der Waals surface area contributed by atoms with Crippen molar-refractivity contribution in [1.29, 1.82) is 0 Å². The van der Waals surface area contributed by atoms with Gasteiger partial charge in [-0.25, -0.2) is 5.43 Å². The summed E-state index contributed by atoms with van der Waals surface area (Å²) in [5, 5.41) is 14.0. The van der Waals surface area contributed by atoms with Gasteiger partial charge >= 0.3 is 0 Å². The number of nitrogens with zero attached hydrogens (tertiary/aromatic N) is 4. The average molecular weight is 552 g/mol. The lowest BCUT2D eigenvalue weighted by atomic mass is 10.2. The third-order valence-corrected chi connectivity index (χ3v) is 6.47. The van der Waals surface area contributed by atoms with Crippen molar-refractivity contribution >= 4 is 35.5 Å². The number of benzene rings is 3. The molecule has 0 saturated carbocycles. The van der Waals surface area contributed by atoms with E-state index in [1.54, 1.807) is 38.5 Å². The van der Waals surface area contributed by atoms with E-state index in [0.717, 1.165) is 22.6 Å². The lowest BCUT2D eigenvalue weighted by molar-refractivity contribution is -0.118. The van der Waals surface area contributed by atoms with Crippen LogP contribution < -0.4 is 19.6 Å². The van der Waals surface area contributed by atoms with Crippen LogP contribution in [0.4, 0.5) is 0 Å². The molecule has 1 heterocycles. The highest BCUT2D eigenvalue weighted by atomic mass is 35.5. The van der Waals surface area contributed by atoms with Gasteiger partial charge in [0.1, 0.15) is 5.75 Å². The monoisotopic (exact) mass is 551 g/mol. The Balaban J connectivity index is 1.49. The molecule has 0 fully saturated rings. The summed E-state index contributed by atoms with van der Waals surface area (Å²) >= 11 is 7.32. The molecular formula is C27H26ClN5O4S. The molecule has 0 spiro atoms. The highest BCUT2D eigenvalue weighted by molar-refractivity contribution is 7.99. The average Bonchev–Trinajstić information content (AvgIpc) is 3.36. The minimum atomic E-state index is -0.291. The number of nitrogens with one attached hydrogen (secondary N) is 1. The number of amides is 1. The van der Waals surface area contributed by atoms with E-state index in [4.69, 9.17) is 25.8 Å². The molecule has 0 aliphatic rings. The number of halogens is 1. The summed E-state index contributed by atoms with van der Waals surface area (Å²) in [5.41, 5.74) is 4.96. The lowest BCUT2D eigenvalue weighted by Crippen LogP contribution is -2.20. The fourth-order valence-electron chi connectivity index (χ4n) is 3.51. The molecule has 1 aromatic heterocycles. The van der Waals surface area contributed by atoms with Crippen LogP contribution in [0.1, 0.15) is 12.5 Å². The Hall–Kier alpha value is -4.02. The minimum absolute atomic E-state index is 0.0824. The van der Waals surface area contributed by atoms with Crippen molar-refractivity contribution in [2.24, 2.45) is 5.10 Å². The predicted molar refractivity (Wildman–Crippen MR) is 149 cm³/mol. The highest BCUT2D eigenvalue weighted by Crippen LogP contribution is 2.30. The van der Waals surface area contributed by atoms with Crippen molar-refractivity contribution in [3.05, 3.63) is 77.3 Å². The van der Waals surface area contributed by atoms with E-state index in [1.807, 2.05) is 54.0 Å². The number of carbonyl (C=O) groups is 1. The summed E-state index contributed by atoms with van der Waals surface area (Å²) in [4.78, 5) is 12.5. The standard InChI is InChI=1S/C27H26ClN5O4S/c1-4-37-22-12-10-21(11-13-22)33-26(19-6-8-20(28)9-7-19)31-32-27(33)38-17-25(34)30-29-16-18-5-14-23(35-2)24(15-18)36-3/h5-16H,4,17H2,1-3H3,(H,30,34)/b29-16+. The molecule has 4 rings (SSSR count). The molecule has 3 aromatic carbocycles. The molecule has 0 atom stereocenters. The van der Waals surface area contributed by atoms with Gasteiger partial charge in [0.05, 0.1) is 32.8 Å². The topological polar surface area (TPSA) is 99.9 Å². The summed E-state index contributed by atoms with van der Waals surface area (Å²) in [6, 6.07) is 20.3. The van der Waals surface area contributed by atoms with E-state index in [1.165, 1.54) is 18.0 Å². The van der Waals surface area contributed by atoms with Crippen LogP contribution in [0.5, 0.6) is 17.2 Å². The van der Waals surface area contributed by atoms with Crippen molar-refractivity contribution in [3.8, 4) is 34.3 Å². The summed E-state index contributed by atoms with van der Waals surface area (Å²) < 4.78 is 18.0. The van der Waals surface area contributed by atoms with Crippen molar-refractivity contribution in [2.45, 2.75) is 12.1 Å². The smallest absolute Gasteiger partial charge is 0.250 e.